The Morgan fingerprint density at radius 2 is 2.24 bits per heavy atom. The minimum atomic E-state index is -0.184. The van der Waals surface area contributed by atoms with Crippen LogP contribution in [0, 0.1) is 13.8 Å². The molecule has 25 heavy (non-hydrogen) atoms. The maximum Gasteiger partial charge on any atom is 0.246 e. The van der Waals surface area contributed by atoms with Crippen LogP contribution in [0.25, 0.3) is 0 Å². The molecule has 0 bridgehead atoms. The molecule has 2 N–H and O–H groups in total. The third-order valence-electron chi connectivity index (χ3n) is 3.77. The van der Waals surface area contributed by atoms with E-state index in [9.17, 15) is 4.79 Å². The molecule has 0 saturated heterocycles. The predicted octanol–water partition coefficient (Wildman–Crippen LogP) is 2.27. The van der Waals surface area contributed by atoms with Crippen LogP contribution in [0.1, 0.15) is 28.8 Å². The fourth-order valence-corrected chi connectivity index (χ4v) is 3.07. The van der Waals surface area contributed by atoms with Crippen molar-refractivity contribution in [3.05, 3.63) is 45.4 Å². The van der Waals surface area contributed by atoms with Crippen LogP contribution in [-0.2, 0) is 11.2 Å². The molecule has 1 amide bonds. The Bertz CT molecular complexity index is 742. The molecule has 7 heteroatoms. The molecule has 1 aromatic carbocycles. The maximum atomic E-state index is 11.9. The van der Waals surface area contributed by atoms with E-state index in [0.29, 0.717) is 6.54 Å². The molecular weight excluding hydrogens is 336 g/mol. The number of nitrogens with one attached hydrogen (secondary N) is 1. The van der Waals surface area contributed by atoms with Gasteiger partial charge in [0.2, 0.25) is 5.91 Å². The van der Waals surface area contributed by atoms with Gasteiger partial charge in [0.1, 0.15) is 0 Å². The highest BCUT2D eigenvalue weighted by Crippen LogP contribution is 2.18. The fourth-order valence-electron chi connectivity index (χ4n) is 2.46. The molecule has 6 nitrogen and oxygen atoms in total. The lowest BCUT2D eigenvalue weighted by molar-refractivity contribution is -0.120. The number of anilines is 1. The first-order valence-electron chi connectivity index (χ1n) is 8.22. The van der Waals surface area contributed by atoms with Crippen molar-refractivity contribution in [1.82, 2.24) is 10.4 Å². The second-order valence-electron chi connectivity index (χ2n) is 5.67. The van der Waals surface area contributed by atoms with E-state index in [0.717, 1.165) is 34.1 Å². The van der Waals surface area contributed by atoms with Crippen molar-refractivity contribution in [1.29, 1.82) is 0 Å². The van der Waals surface area contributed by atoms with Crippen molar-refractivity contribution < 1.29 is 9.90 Å². The zero-order chi connectivity index (χ0) is 18.2. The third kappa shape index (κ3) is 5.65. The van der Waals surface area contributed by atoms with E-state index in [-0.39, 0.29) is 18.9 Å². The molecular formula is C18H24N4O2S. The molecule has 1 aromatic heterocycles. The molecule has 0 saturated carbocycles. The Morgan fingerprint density at radius 1 is 1.44 bits per heavy atom. The number of hydrogen-bond acceptors (Lipinski definition) is 6. The highest BCUT2D eigenvalue weighted by Gasteiger charge is 2.07. The lowest BCUT2D eigenvalue weighted by Crippen LogP contribution is -2.26. The third-order valence-corrected chi connectivity index (χ3v) is 4.59. The van der Waals surface area contributed by atoms with Crippen molar-refractivity contribution in [3.63, 3.8) is 0 Å². The van der Waals surface area contributed by atoms with Gasteiger partial charge in [0, 0.05) is 24.2 Å². The van der Waals surface area contributed by atoms with Gasteiger partial charge in [-0.2, -0.15) is 5.10 Å². The summed E-state index contributed by atoms with van der Waals surface area (Å²) in [7, 11) is 0. The quantitative estimate of drug-likeness (QED) is 0.559. The summed E-state index contributed by atoms with van der Waals surface area (Å²) in [5, 5.41) is 16.0. The lowest BCUT2D eigenvalue weighted by atomic mass is 10.1. The van der Waals surface area contributed by atoms with Crippen LogP contribution in [0.15, 0.2) is 28.7 Å². The highest BCUT2D eigenvalue weighted by atomic mass is 32.1. The van der Waals surface area contributed by atoms with Gasteiger partial charge in [-0.3, -0.25) is 4.79 Å². The second-order valence-corrected chi connectivity index (χ2v) is 6.73. The average molecular weight is 360 g/mol. The number of aromatic nitrogens is 1. The molecule has 134 valence electrons. The standard InChI is InChI=1S/C18H24N4O2S/c1-4-22(7-8-23)17-6-5-15(13(2)9-17)11-19-21-18(24)10-16-12-25-14(3)20-16/h5-6,9,11-12,23H,4,7-8,10H2,1-3H3,(H,21,24)/b19-11-. The number of carbonyl (C=O) groups is 1. The molecule has 0 spiro atoms. The van der Waals surface area contributed by atoms with Gasteiger partial charge >= 0.3 is 0 Å². The maximum absolute atomic E-state index is 11.9. The summed E-state index contributed by atoms with van der Waals surface area (Å²) in [6.07, 6.45) is 1.87. The summed E-state index contributed by atoms with van der Waals surface area (Å²) < 4.78 is 0. The molecule has 0 fully saturated rings. The number of amides is 1. The van der Waals surface area contributed by atoms with Crippen LogP contribution in [0.2, 0.25) is 0 Å². The summed E-state index contributed by atoms with van der Waals surface area (Å²) >= 11 is 1.53. The van der Waals surface area contributed by atoms with Crippen molar-refractivity contribution in [3.8, 4) is 0 Å². The number of benzene rings is 1. The summed E-state index contributed by atoms with van der Waals surface area (Å²) in [5.74, 6) is -0.184. The zero-order valence-corrected chi connectivity index (χ0v) is 15.6. The van der Waals surface area contributed by atoms with E-state index in [2.05, 4.69) is 33.4 Å². The van der Waals surface area contributed by atoms with Crippen LogP contribution >= 0.6 is 11.3 Å². The summed E-state index contributed by atoms with van der Waals surface area (Å²) in [6.45, 7) is 7.53. The zero-order valence-electron chi connectivity index (χ0n) is 14.8. The van der Waals surface area contributed by atoms with Gasteiger partial charge in [0.15, 0.2) is 0 Å². The Hall–Kier alpha value is -2.25. The molecule has 0 aliphatic rings. The SMILES string of the molecule is CCN(CCO)c1ccc(/C=N\NC(=O)Cc2csc(C)n2)c(C)c1. The molecule has 2 aromatic rings. The van der Waals surface area contributed by atoms with E-state index in [1.54, 1.807) is 6.21 Å². The summed E-state index contributed by atoms with van der Waals surface area (Å²) in [5.41, 5.74) is 6.36. The van der Waals surface area contributed by atoms with Crippen LogP contribution in [0.5, 0.6) is 0 Å². The Kier molecular flexibility index (Phi) is 7.09. The predicted molar refractivity (Wildman–Crippen MR) is 102 cm³/mol. The van der Waals surface area contributed by atoms with Gasteiger partial charge in [-0.25, -0.2) is 10.4 Å². The first-order chi connectivity index (χ1) is 12.0. The summed E-state index contributed by atoms with van der Waals surface area (Å²) in [6, 6.07) is 6.01. The number of nitrogens with zero attached hydrogens (tertiary/aromatic N) is 3. The van der Waals surface area contributed by atoms with Crippen molar-refractivity contribution in [2.24, 2.45) is 5.10 Å². The smallest absolute Gasteiger partial charge is 0.246 e. The first kappa shape index (κ1) is 19.1. The number of aliphatic hydroxyl groups excluding tert-OH is 1. The van der Waals surface area contributed by atoms with E-state index in [4.69, 9.17) is 5.11 Å². The van der Waals surface area contributed by atoms with Gasteiger partial charge in [-0.1, -0.05) is 6.07 Å². The van der Waals surface area contributed by atoms with Crippen LogP contribution in [-0.4, -0.2) is 41.9 Å². The molecule has 0 aliphatic heterocycles. The van der Waals surface area contributed by atoms with Crippen molar-refractivity contribution in [2.75, 3.05) is 24.6 Å². The van der Waals surface area contributed by atoms with Gasteiger partial charge in [-0.05, 0) is 44.0 Å². The van der Waals surface area contributed by atoms with Gasteiger partial charge < -0.3 is 10.0 Å². The Morgan fingerprint density at radius 3 is 2.84 bits per heavy atom. The number of aliphatic hydroxyl groups is 1. The Labute approximate surface area is 152 Å². The molecule has 0 radical (unpaired) electrons. The number of rotatable bonds is 8. The van der Waals surface area contributed by atoms with Crippen LogP contribution < -0.4 is 10.3 Å². The van der Waals surface area contributed by atoms with E-state index in [1.807, 2.05) is 31.4 Å². The first-order valence-corrected chi connectivity index (χ1v) is 9.10. The van der Waals surface area contributed by atoms with E-state index >= 15 is 0 Å². The van der Waals surface area contributed by atoms with Crippen LogP contribution in [0.3, 0.4) is 0 Å². The normalized spacial score (nSPS) is 11.0. The number of carbonyl (C=O) groups excluding carboxylic acids is 1. The van der Waals surface area contributed by atoms with Gasteiger partial charge in [0.05, 0.1) is 29.9 Å². The average Bonchev–Trinajstić information content (AvgIpc) is 2.99. The molecule has 2 rings (SSSR count). The van der Waals surface area contributed by atoms with E-state index < -0.39 is 0 Å². The lowest BCUT2D eigenvalue weighted by Gasteiger charge is -2.22. The fraction of sp³-hybridized carbons (Fsp3) is 0.389. The number of thiazole rings is 1. The number of hydrogen-bond donors (Lipinski definition) is 2. The summed E-state index contributed by atoms with van der Waals surface area (Å²) in [4.78, 5) is 18.2. The molecule has 0 unspecified atom stereocenters. The molecule has 1 heterocycles. The van der Waals surface area contributed by atoms with Gasteiger partial charge in [0.25, 0.3) is 0 Å². The number of hydrazone groups is 1. The van der Waals surface area contributed by atoms with Gasteiger partial charge in [-0.15, -0.1) is 11.3 Å². The Balaban J connectivity index is 1.95. The topological polar surface area (TPSA) is 77.8 Å². The largest absolute Gasteiger partial charge is 0.395 e. The van der Waals surface area contributed by atoms with Crippen LogP contribution in [0.4, 0.5) is 5.69 Å². The minimum Gasteiger partial charge on any atom is -0.395 e. The van der Waals surface area contributed by atoms with Crippen molar-refractivity contribution >= 4 is 29.1 Å². The highest BCUT2D eigenvalue weighted by molar-refractivity contribution is 7.09. The second kappa shape index (κ2) is 9.29. The molecule has 0 atom stereocenters. The van der Waals surface area contributed by atoms with Crippen molar-refractivity contribution in [2.45, 2.75) is 27.2 Å². The monoisotopic (exact) mass is 360 g/mol. The number of aryl methyl sites for hydroxylation is 2. The molecule has 0 aliphatic carbocycles. The minimum absolute atomic E-state index is 0.126. The number of likely N-dealkylation sites (N-methyl/N-ethyl adjacent to an activating group) is 1. The van der Waals surface area contributed by atoms with E-state index in [1.165, 1.54) is 11.3 Å².